The molecule has 0 unspecified atom stereocenters. The van der Waals surface area contributed by atoms with Gasteiger partial charge in [0, 0.05) is 17.3 Å². The van der Waals surface area contributed by atoms with Gasteiger partial charge in [-0.2, -0.15) is 0 Å². The fraction of sp³-hybridized carbons (Fsp3) is 0.118. The molecule has 2 heterocycles. The quantitative estimate of drug-likeness (QED) is 0.593. The van der Waals surface area contributed by atoms with Crippen molar-refractivity contribution in [2.45, 2.75) is 6.92 Å². The number of ether oxygens (including phenoxy) is 1. The van der Waals surface area contributed by atoms with E-state index in [1.54, 1.807) is 24.4 Å². The number of carbonyl (C=O) groups is 2. The summed E-state index contributed by atoms with van der Waals surface area (Å²) < 4.78 is 5.14. The SMILES string of the molecule is Cc1cc(C(=O)OCC(=O)c2ccc[nH]2)c2ccccc2n1. The van der Waals surface area contributed by atoms with Gasteiger partial charge in [-0.15, -0.1) is 0 Å². The Bertz CT molecular complexity index is 838. The predicted molar refractivity (Wildman–Crippen MR) is 81.9 cm³/mol. The van der Waals surface area contributed by atoms with Gasteiger partial charge in [-0.1, -0.05) is 18.2 Å². The lowest BCUT2D eigenvalue weighted by Crippen LogP contribution is -2.15. The molecule has 0 radical (unpaired) electrons. The van der Waals surface area contributed by atoms with Gasteiger partial charge in [0.05, 0.1) is 16.8 Å². The number of fused-ring (bicyclic) bond motifs is 1. The number of benzene rings is 1. The maximum atomic E-state index is 12.3. The van der Waals surface area contributed by atoms with E-state index in [4.69, 9.17) is 4.74 Å². The van der Waals surface area contributed by atoms with Gasteiger partial charge in [0.1, 0.15) is 0 Å². The number of pyridine rings is 1. The molecule has 0 saturated carbocycles. The molecule has 0 atom stereocenters. The molecule has 0 spiro atoms. The van der Waals surface area contributed by atoms with Crippen molar-refractivity contribution in [2.24, 2.45) is 0 Å². The van der Waals surface area contributed by atoms with Gasteiger partial charge in [0.25, 0.3) is 0 Å². The third-order valence-electron chi connectivity index (χ3n) is 3.30. The Balaban J connectivity index is 1.82. The van der Waals surface area contributed by atoms with Gasteiger partial charge in [-0.25, -0.2) is 4.79 Å². The van der Waals surface area contributed by atoms with Gasteiger partial charge in [0.15, 0.2) is 6.61 Å². The first kappa shape index (κ1) is 14.0. The summed E-state index contributed by atoms with van der Waals surface area (Å²) in [4.78, 5) is 31.3. The van der Waals surface area contributed by atoms with Crippen molar-refractivity contribution in [2.75, 3.05) is 6.61 Å². The molecule has 1 aromatic carbocycles. The average Bonchev–Trinajstić information content (AvgIpc) is 3.06. The number of hydrogen-bond donors (Lipinski definition) is 1. The van der Waals surface area contributed by atoms with Gasteiger partial charge < -0.3 is 9.72 Å². The second-order valence-corrected chi connectivity index (χ2v) is 4.91. The number of rotatable bonds is 4. The van der Waals surface area contributed by atoms with Crippen LogP contribution in [0.1, 0.15) is 26.5 Å². The van der Waals surface area contributed by atoms with Crippen molar-refractivity contribution in [3.63, 3.8) is 0 Å². The summed E-state index contributed by atoms with van der Waals surface area (Å²) in [5.41, 5.74) is 2.29. The zero-order valence-electron chi connectivity index (χ0n) is 12.0. The highest BCUT2D eigenvalue weighted by Crippen LogP contribution is 2.19. The number of hydrogen-bond acceptors (Lipinski definition) is 4. The number of esters is 1. The maximum Gasteiger partial charge on any atom is 0.339 e. The second kappa shape index (κ2) is 5.81. The van der Waals surface area contributed by atoms with E-state index in [0.717, 1.165) is 11.2 Å². The van der Waals surface area contributed by atoms with E-state index in [0.29, 0.717) is 16.6 Å². The number of Topliss-reactive ketones (excluding diaryl/α,β-unsaturated/α-hetero) is 1. The van der Waals surface area contributed by atoms with E-state index in [2.05, 4.69) is 9.97 Å². The summed E-state index contributed by atoms with van der Waals surface area (Å²) in [5, 5.41) is 0.713. The lowest BCUT2D eigenvalue weighted by atomic mass is 10.1. The summed E-state index contributed by atoms with van der Waals surface area (Å²) in [6.45, 7) is 1.52. The second-order valence-electron chi connectivity index (χ2n) is 4.91. The van der Waals surface area contributed by atoms with Crippen LogP contribution in [0.5, 0.6) is 0 Å². The molecule has 0 bridgehead atoms. The van der Waals surface area contributed by atoms with E-state index < -0.39 is 5.97 Å². The fourth-order valence-corrected chi connectivity index (χ4v) is 2.27. The zero-order valence-corrected chi connectivity index (χ0v) is 12.0. The number of nitrogens with one attached hydrogen (secondary N) is 1. The molecular formula is C17H14N2O3. The number of H-pyrrole nitrogens is 1. The molecule has 1 N–H and O–H groups in total. The van der Waals surface area contributed by atoms with E-state index in [1.165, 1.54) is 0 Å². The van der Waals surface area contributed by atoms with Crippen molar-refractivity contribution < 1.29 is 14.3 Å². The molecule has 0 aliphatic heterocycles. The first-order valence-corrected chi connectivity index (χ1v) is 6.85. The van der Waals surface area contributed by atoms with Gasteiger partial charge >= 0.3 is 5.97 Å². The highest BCUT2D eigenvalue weighted by atomic mass is 16.5. The normalized spacial score (nSPS) is 10.6. The first-order valence-electron chi connectivity index (χ1n) is 6.85. The lowest BCUT2D eigenvalue weighted by molar-refractivity contribution is 0.0475. The smallest absolute Gasteiger partial charge is 0.339 e. The minimum atomic E-state index is -0.526. The number of aryl methyl sites for hydroxylation is 1. The van der Waals surface area contributed by atoms with Crippen molar-refractivity contribution in [1.29, 1.82) is 0 Å². The molecule has 0 fully saturated rings. The van der Waals surface area contributed by atoms with E-state index in [-0.39, 0.29) is 12.4 Å². The van der Waals surface area contributed by atoms with Crippen LogP contribution in [0.2, 0.25) is 0 Å². The molecular weight excluding hydrogens is 280 g/mol. The van der Waals surface area contributed by atoms with Gasteiger partial charge in [-0.05, 0) is 31.2 Å². The third-order valence-corrected chi connectivity index (χ3v) is 3.30. The van der Waals surface area contributed by atoms with Crippen LogP contribution in [0.15, 0.2) is 48.7 Å². The van der Waals surface area contributed by atoms with Crippen molar-refractivity contribution in [1.82, 2.24) is 9.97 Å². The molecule has 0 saturated heterocycles. The van der Waals surface area contributed by atoms with Gasteiger partial charge in [-0.3, -0.25) is 9.78 Å². The van der Waals surface area contributed by atoms with Crippen LogP contribution < -0.4 is 0 Å². The largest absolute Gasteiger partial charge is 0.454 e. The first-order chi connectivity index (χ1) is 10.6. The minimum absolute atomic E-state index is 0.270. The Hall–Kier alpha value is -2.95. The zero-order chi connectivity index (χ0) is 15.5. The van der Waals surface area contributed by atoms with E-state index in [9.17, 15) is 9.59 Å². The Morgan fingerprint density at radius 2 is 2.00 bits per heavy atom. The Labute approximate surface area is 126 Å². The monoisotopic (exact) mass is 294 g/mol. The summed E-state index contributed by atoms with van der Waals surface area (Å²) in [6.07, 6.45) is 1.65. The molecule has 3 aromatic rings. The molecule has 2 aromatic heterocycles. The number of aromatic nitrogens is 2. The molecule has 22 heavy (non-hydrogen) atoms. The lowest BCUT2D eigenvalue weighted by Gasteiger charge is -2.07. The van der Waals surface area contributed by atoms with Crippen LogP contribution in [0, 0.1) is 6.92 Å². The molecule has 3 rings (SSSR count). The number of carbonyl (C=O) groups excluding carboxylic acids is 2. The number of aromatic amines is 1. The van der Waals surface area contributed by atoms with Crippen molar-refractivity contribution in [3.8, 4) is 0 Å². The van der Waals surface area contributed by atoms with E-state index in [1.807, 2.05) is 31.2 Å². The third kappa shape index (κ3) is 2.74. The van der Waals surface area contributed by atoms with Crippen LogP contribution in [-0.4, -0.2) is 28.3 Å². The summed E-state index contributed by atoms with van der Waals surface area (Å²) >= 11 is 0. The number of para-hydroxylation sites is 1. The Morgan fingerprint density at radius 3 is 2.77 bits per heavy atom. The topological polar surface area (TPSA) is 72.1 Å². The molecule has 5 heteroatoms. The van der Waals surface area contributed by atoms with Crippen molar-refractivity contribution in [3.05, 3.63) is 65.6 Å². The Morgan fingerprint density at radius 1 is 1.18 bits per heavy atom. The van der Waals surface area contributed by atoms with Crippen molar-refractivity contribution >= 4 is 22.7 Å². The number of nitrogens with zero attached hydrogens (tertiary/aromatic N) is 1. The molecule has 0 amide bonds. The van der Waals surface area contributed by atoms with Crippen LogP contribution in [-0.2, 0) is 4.74 Å². The standard InChI is InChI=1S/C17H14N2O3/c1-11-9-13(12-5-2-3-6-14(12)19-11)17(21)22-10-16(20)15-7-4-8-18-15/h2-9,18H,10H2,1H3. The minimum Gasteiger partial charge on any atom is -0.454 e. The summed E-state index contributed by atoms with van der Waals surface area (Å²) in [5.74, 6) is -0.796. The fourth-order valence-electron chi connectivity index (χ4n) is 2.27. The summed E-state index contributed by atoms with van der Waals surface area (Å²) in [6, 6.07) is 12.4. The summed E-state index contributed by atoms with van der Waals surface area (Å²) in [7, 11) is 0. The predicted octanol–water partition coefficient (Wildman–Crippen LogP) is 2.91. The number of ketones is 1. The van der Waals surface area contributed by atoms with Crippen LogP contribution >= 0.6 is 0 Å². The molecule has 0 aliphatic rings. The average molecular weight is 294 g/mol. The van der Waals surface area contributed by atoms with E-state index >= 15 is 0 Å². The molecule has 0 aliphatic carbocycles. The maximum absolute atomic E-state index is 12.3. The highest BCUT2D eigenvalue weighted by molar-refractivity contribution is 6.05. The molecule has 110 valence electrons. The highest BCUT2D eigenvalue weighted by Gasteiger charge is 2.15. The van der Waals surface area contributed by atoms with Gasteiger partial charge in [0.2, 0.25) is 5.78 Å². The van der Waals surface area contributed by atoms with Crippen LogP contribution in [0.3, 0.4) is 0 Å². The molecule has 5 nitrogen and oxygen atoms in total. The van der Waals surface area contributed by atoms with Crippen LogP contribution in [0.25, 0.3) is 10.9 Å². The van der Waals surface area contributed by atoms with Crippen LogP contribution in [0.4, 0.5) is 0 Å². The Kier molecular flexibility index (Phi) is 3.70.